The highest BCUT2D eigenvalue weighted by atomic mass is 16.6. The lowest BCUT2D eigenvalue weighted by atomic mass is 9.45. The molecule has 0 unspecified atom stereocenters. The Morgan fingerprint density at radius 3 is 2.58 bits per heavy atom. The van der Waals surface area contributed by atoms with Gasteiger partial charge in [-0.2, -0.15) is 0 Å². The van der Waals surface area contributed by atoms with E-state index in [0.717, 1.165) is 0 Å². The first-order valence-electron chi connectivity index (χ1n) is 10.8. The Kier molecular flexibility index (Phi) is 3.26. The largest absolute Gasteiger partial charge is 0.498 e. The molecule has 5 heterocycles. The van der Waals surface area contributed by atoms with Gasteiger partial charge in [0.15, 0.2) is 23.8 Å². The fourth-order valence-corrected chi connectivity index (χ4v) is 7.14. The summed E-state index contributed by atoms with van der Waals surface area (Å²) in [5.74, 6) is -1.65. The quantitative estimate of drug-likeness (QED) is 0.437. The summed E-state index contributed by atoms with van der Waals surface area (Å²) in [7, 11) is 0. The van der Waals surface area contributed by atoms with Crippen LogP contribution in [0.3, 0.4) is 0 Å². The van der Waals surface area contributed by atoms with E-state index in [1.54, 1.807) is 0 Å². The van der Waals surface area contributed by atoms with Crippen molar-refractivity contribution in [3.8, 4) is 0 Å². The van der Waals surface area contributed by atoms with Gasteiger partial charge in [-0.25, -0.2) is 0 Å². The predicted molar refractivity (Wildman–Crippen MR) is 98.3 cm³/mol. The number of esters is 1. The third kappa shape index (κ3) is 1.92. The number of ether oxygens (including phenoxy) is 5. The third-order valence-corrected chi connectivity index (χ3v) is 8.27. The number of epoxide rings is 2. The van der Waals surface area contributed by atoms with E-state index in [-0.39, 0.29) is 23.8 Å². The summed E-state index contributed by atoms with van der Waals surface area (Å²) >= 11 is 0. The molecule has 1 N–H and O–H groups in total. The Morgan fingerprint density at radius 1 is 1.10 bits per heavy atom. The zero-order valence-corrected chi connectivity index (χ0v) is 17.1. The summed E-state index contributed by atoms with van der Waals surface area (Å²) < 4.78 is 29.1. The molecule has 4 fully saturated rings. The van der Waals surface area contributed by atoms with E-state index in [1.165, 1.54) is 13.2 Å². The second kappa shape index (κ2) is 5.46. The average Bonchev–Trinajstić information content (AvgIpc) is 3.62. The molecule has 2 bridgehead atoms. The van der Waals surface area contributed by atoms with Gasteiger partial charge in [-0.15, -0.1) is 0 Å². The van der Waals surface area contributed by atoms with Crippen LogP contribution in [0.2, 0.25) is 0 Å². The molecule has 12 atom stereocenters. The summed E-state index contributed by atoms with van der Waals surface area (Å²) in [6.45, 7) is 5.06. The molecular weight excluding hydrogens is 408 g/mol. The minimum Gasteiger partial charge on any atom is -0.498 e. The van der Waals surface area contributed by atoms with Gasteiger partial charge in [0.1, 0.15) is 30.5 Å². The lowest BCUT2D eigenvalue weighted by molar-refractivity contribution is -0.211. The van der Waals surface area contributed by atoms with Crippen LogP contribution in [0.1, 0.15) is 20.8 Å². The molecule has 164 valence electrons. The fourth-order valence-electron chi connectivity index (χ4n) is 7.14. The van der Waals surface area contributed by atoms with E-state index in [9.17, 15) is 19.5 Å². The Morgan fingerprint density at radius 2 is 1.84 bits per heavy atom. The van der Waals surface area contributed by atoms with Crippen LogP contribution in [0.25, 0.3) is 0 Å². The van der Waals surface area contributed by atoms with Crippen molar-refractivity contribution in [1.82, 2.24) is 0 Å². The highest BCUT2D eigenvalue weighted by molar-refractivity contribution is 6.06. The van der Waals surface area contributed by atoms with E-state index in [0.29, 0.717) is 16.7 Å². The van der Waals surface area contributed by atoms with Crippen molar-refractivity contribution in [1.29, 1.82) is 0 Å². The van der Waals surface area contributed by atoms with Crippen LogP contribution in [0.5, 0.6) is 0 Å². The number of aliphatic hydroxyl groups excluding tert-OH is 1. The first-order chi connectivity index (χ1) is 14.8. The molecule has 0 radical (unpaired) electrons. The Hall–Kier alpha value is -2.07. The Balaban J connectivity index is 1.50. The number of carbonyl (C=O) groups is 3. The molecule has 0 aromatic heterocycles. The maximum atomic E-state index is 13.9. The van der Waals surface area contributed by atoms with Gasteiger partial charge in [0.25, 0.3) is 0 Å². The van der Waals surface area contributed by atoms with E-state index in [1.807, 2.05) is 13.8 Å². The van der Waals surface area contributed by atoms with Crippen LogP contribution in [0.4, 0.5) is 0 Å². The van der Waals surface area contributed by atoms with Gasteiger partial charge in [-0.3, -0.25) is 14.4 Å². The number of fused-ring (bicyclic) bond motifs is 3. The van der Waals surface area contributed by atoms with Gasteiger partial charge in [-0.05, 0) is 13.8 Å². The minimum absolute atomic E-state index is 0.129. The SMILES string of the molecule is CC(=O)O[C@H]1C2=C(C(=O)[C@@H]3O[C@@H]31)[C@@H]1[C@@H]3[C@@H](C)OC=C4[C@H](O)[C@H]5O[C@H]5C(=O)[C@]43[C@H]2O[C@@H]1C. The van der Waals surface area contributed by atoms with Crippen LogP contribution in [-0.4, -0.2) is 77.6 Å². The second-order valence-electron chi connectivity index (χ2n) is 9.67. The van der Waals surface area contributed by atoms with Crippen molar-refractivity contribution >= 4 is 17.5 Å². The summed E-state index contributed by atoms with van der Waals surface area (Å²) in [5, 5.41) is 11.0. The first kappa shape index (κ1) is 18.5. The van der Waals surface area contributed by atoms with Crippen LogP contribution in [-0.2, 0) is 38.1 Å². The van der Waals surface area contributed by atoms with E-state index in [4.69, 9.17) is 23.7 Å². The standard InChI is InChI=1S/C22H22O9/c1-5-9-10-11(15(29-7(3)23)18-17(30-18)14(10)25)21(28-5)22-8(4-27-6(2)12(9)22)13(24)16-19(31-16)20(22)26/h4-6,9,12-13,15-19,21,24H,1-3H3/t5-,6-,9-,12+,13+,15+,16-,17+,18-,19-,21+,22+/m1/s1. The van der Waals surface area contributed by atoms with Crippen LogP contribution in [0.15, 0.2) is 23.0 Å². The third-order valence-electron chi connectivity index (χ3n) is 8.27. The van der Waals surface area contributed by atoms with Crippen molar-refractivity contribution in [2.45, 2.75) is 75.7 Å². The monoisotopic (exact) mass is 430 g/mol. The zero-order valence-electron chi connectivity index (χ0n) is 17.1. The molecule has 0 aromatic rings. The first-order valence-corrected chi connectivity index (χ1v) is 10.8. The van der Waals surface area contributed by atoms with Crippen LogP contribution in [0, 0.1) is 17.3 Å². The Bertz CT molecular complexity index is 1030. The number of hydrogen-bond donors (Lipinski definition) is 1. The van der Waals surface area contributed by atoms with Crippen molar-refractivity contribution in [2.75, 3.05) is 0 Å². The second-order valence-corrected chi connectivity index (χ2v) is 9.67. The Labute approximate surface area is 177 Å². The minimum atomic E-state index is -1.23. The lowest BCUT2D eigenvalue weighted by Gasteiger charge is -2.63. The number of Topliss-reactive ketones (excluding diaryl/α,β-unsaturated/α-hetero) is 2. The predicted octanol–water partition coefficient (Wildman–Crippen LogP) is -0.402. The fraction of sp³-hybridized carbons (Fsp3) is 0.682. The zero-order chi connectivity index (χ0) is 21.6. The molecule has 8 aliphatic rings. The van der Waals surface area contributed by atoms with Crippen molar-refractivity contribution in [3.05, 3.63) is 23.0 Å². The lowest BCUT2D eigenvalue weighted by Crippen LogP contribution is -2.72. The van der Waals surface area contributed by atoms with Gasteiger partial charge in [0.2, 0.25) is 0 Å². The smallest absolute Gasteiger partial charge is 0.303 e. The molecule has 9 heteroatoms. The molecule has 3 saturated heterocycles. The molecule has 8 rings (SSSR count). The summed E-state index contributed by atoms with van der Waals surface area (Å²) in [6.07, 6.45) is -4.44. The van der Waals surface area contributed by atoms with Crippen molar-refractivity contribution in [2.24, 2.45) is 17.3 Å². The number of hydrogen-bond acceptors (Lipinski definition) is 9. The van der Waals surface area contributed by atoms with Gasteiger partial charge < -0.3 is 28.8 Å². The number of aliphatic hydroxyl groups is 1. The molecule has 5 aliphatic heterocycles. The summed E-state index contributed by atoms with van der Waals surface area (Å²) in [4.78, 5) is 39.1. The van der Waals surface area contributed by atoms with Crippen LogP contribution >= 0.6 is 0 Å². The topological polar surface area (TPSA) is 124 Å². The molecule has 9 nitrogen and oxygen atoms in total. The highest BCUT2D eigenvalue weighted by Gasteiger charge is 2.79. The van der Waals surface area contributed by atoms with Crippen molar-refractivity contribution < 1.29 is 43.2 Å². The maximum Gasteiger partial charge on any atom is 0.303 e. The average molecular weight is 430 g/mol. The van der Waals surface area contributed by atoms with Gasteiger partial charge in [0.05, 0.1) is 23.9 Å². The number of carbonyl (C=O) groups excluding carboxylic acids is 3. The van der Waals surface area contributed by atoms with Gasteiger partial charge in [-0.1, -0.05) is 0 Å². The molecule has 1 spiro atoms. The van der Waals surface area contributed by atoms with E-state index < -0.39 is 65.9 Å². The molecule has 3 aliphatic carbocycles. The normalized spacial score (nSPS) is 55.1. The number of rotatable bonds is 1. The summed E-state index contributed by atoms with van der Waals surface area (Å²) in [6, 6.07) is 0. The molecule has 0 amide bonds. The highest BCUT2D eigenvalue weighted by Crippen LogP contribution is 2.68. The van der Waals surface area contributed by atoms with Crippen LogP contribution < -0.4 is 0 Å². The van der Waals surface area contributed by atoms with Crippen molar-refractivity contribution in [3.63, 3.8) is 0 Å². The molecule has 1 saturated carbocycles. The molecular formula is C22H22O9. The van der Waals surface area contributed by atoms with E-state index in [2.05, 4.69) is 0 Å². The molecule has 0 aromatic carbocycles. The van der Waals surface area contributed by atoms with Gasteiger partial charge >= 0.3 is 5.97 Å². The summed E-state index contributed by atoms with van der Waals surface area (Å²) in [5.41, 5.74) is 0.256. The maximum absolute atomic E-state index is 13.9. The van der Waals surface area contributed by atoms with E-state index >= 15 is 0 Å². The van der Waals surface area contributed by atoms with Gasteiger partial charge in [0, 0.05) is 35.5 Å². The molecule has 31 heavy (non-hydrogen) atoms. The number of ketones is 2.